The van der Waals surface area contributed by atoms with Crippen molar-refractivity contribution >= 4 is 5.97 Å². The third-order valence-electron chi connectivity index (χ3n) is 3.18. The molecule has 1 aliphatic heterocycles. The van der Waals surface area contributed by atoms with Crippen molar-refractivity contribution in [2.75, 3.05) is 33.4 Å². The smallest absolute Gasteiger partial charge is 0.133 e. The number of nitrogens with one attached hydrogen (secondary N) is 1. The molecule has 0 radical (unpaired) electrons. The topological polar surface area (TPSA) is 47.8 Å². The molecule has 1 N–H and O–H groups in total. The normalized spacial score (nSPS) is 19.4. The Hall–Kier alpha value is -0.610. The fourth-order valence-electron chi connectivity index (χ4n) is 2.20. The Bertz CT molecular complexity index is 206. The van der Waals surface area contributed by atoms with E-state index in [-0.39, 0.29) is 0 Å². The number of rotatable bonds is 7. The molecule has 108 valence electrons. The summed E-state index contributed by atoms with van der Waals surface area (Å²) >= 11 is 0. The van der Waals surface area contributed by atoms with Gasteiger partial charge in [-0.05, 0) is 13.3 Å². The van der Waals surface area contributed by atoms with Gasteiger partial charge in [-0.3, -0.25) is 4.90 Å². The van der Waals surface area contributed by atoms with Crippen LogP contribution in [0.2, 0.25) is 0 Å². The fourth-order valence-corrected chi connectivity index (χ4v) is 2.20. The number of carbonyl (C=O) groups is 1. The maximum Gasteiger partial charge on any atom is 0.133 e. The minimum absolute atomic E-state index is 0.972. The summed E-state index contributed by atoms with van der Waals surface area (Å²) in [6.07, 6.45) is 8.54. The van der Waals surface area contributed by atoms with Crippen LogP contribution in [0.1, 0.15) is 52.4 Å². The van der Waals surface area contributed by atoms with Crippen molar-refractivity contribution in [3.63, 3.8) is 0 Å². The molecule has 1 unspecified atom stereocenters. The fraction of sp³-hybridized carbons (Fsp3) is 0.929. The summed E-state index contributed by atoms with van der Waals surface area (Å²) in [6, 6.07) is 0. The number of hydrogen-bond donors (Lipinski definition) is 1. The quantitative estimate of drug-likeness (QED) is 0.648. The summed E-state index contributed by atoms with van der Waals surface area (Å²) < 4.78 is 0. The van der Waals surface area contributed by atoms with Crippen LogP contribution < -0.4 is 10.0 Å². The molecule has 1 rings (SSSR count). The highest BCUT2D eigenvalue weighted by atomic mass is 16.4. The second kappa shape index (κ2) is 11.5. The van der Waals surface area contributed by atoms with Gasteiger partial charge in [-0.2, -0.15) is 0 Å². The number of carboxylic acid groups (broad SMARTS) is 1. The summed E-state index contributed by atoms with van der Waals surface area (Å²) in [5.74, 6) is -1.08. The zero-order valence-electron chi connectivity index (χ0n) is 12.3. The van der Waals surface area contributed by atoms with Crippen molar-refractivity contribution in [1.82, 2.24) is 4.90 Å². The zero-order chi connectivity index (χ0) is 13.8. The first-order valence-corrected chi connectivity index (χ1v) is 7.27. The van der Waals surface area contributed by atoms with Crippen LogP contribution in [-0.4, -0.2) is 44.2 Å². The Balaban J connectivity index is 0.000000631. The number of unbranched alkanes of at least 4 members (excludes halogenated alkanes) is 5. The van der Waals surface area contributed by atoms with Crippen LogP contribution in [0.15, 0.2) is 0 Å². The first-order chi connectivity index (χ1) is 8.56. The van der Waals surface area contributed by atoms with Crippen molar-refractivity contribution in [3.8, 4) is 0 Å². The predicted molar refractivity (Wildman–Crippen MR) is 72.3 cm³/mol. The average molecular weight is 258 g/mol. The second-order valence-corrected chi connectivity index (χ2v) is 5.24. The third-order valence-corrected chi connectivity index (χ3v) is 3.18. The summed E-state index contributed by atoms with van der Waals surface area (Å²) in [5, 5.41) is 8.89. The molecule has 0 aromatic heterocycles. The number of quaternary nitrogens is 1. The largest absolute Gasteiger partial charge is 0.550 e. The van der Waals surface area contributed by atoms with Crippen LogP contribution in [0, 0.1) is 0 Å². The number of likely N-dealkylation sites (N-methyl/N-ethyl adjacent to an activating group) is 1. The monoisotopic (exact) mass is 258 g/mol. The molecule has 1 aliphatic rings. The number of nitrogens with zero attached hydrogens (tertiary/aromatic N) is 1. The Morgan fingerprint density at radius 3 is 2.28 bits per heavy atom. The predicted octanol–water partition coefficient (Wildman–Crippen LogP) is -0.109. The van der Waals surface area contributed by atoms with Crippen molar-refractivity contribution < 1.29 is 14.8 Å². The van der Waals surface area contributed by atoms with Gasteiger partial charge in [0.05, 0.1) is 20.1 Å². The van der Waals surface area contributed by atoms with Crippen molar-refractivity contribution in [3.05, 3.63) is 0 Å². The molecule has 0 aliphatic carbocycles. The molecule has 0 amide bonds. The molecule has 1 atom stereocenters. The van der Waals surface area contributed by atoms with Gasteiger partial charge in [0.25, 0.3) is 0 Å². The molecule has 4 nitrogen and oxygen atoms in total. The van der Waals surface area contributed by atoms with Crippen molar-refractivity contribution in [2.24, 2.45) is 0 Å². The van der Waals surface area contributed by atoms with E-state index in [2.05, 4.69) is 18.9 Å². The van der Waals surface area contributed by atoms with E-state index in [4.69, 9.17) is 9.90 Å². The maximum atomic E-state index is 8.89. The summed E-state index contributed by atoms with van der Waals surface area (Å²) in [5.41, 5.74) is 0. The Morgan fingerprint density at radius 1 is 1.22 bits per heavy atom. The van der Waals surface area contributed by atoms with Crippen LogP contribution >= 0.6 is 0 Å². The summed E-state index contributed by atoms with van der Waals surface area (Å²) in [7, 11) is 2.29. The third kappa shape index (κ3) is 11.9. The number of carbonyl (C=O) groups excluding carboxylic acids is 1. The maximum absolute atomic E-state index is 8.89. The number of hydrogen-bond acceptors (Lipinski definition) is 3. The Kier molecular flexibility index (Phi) is 11.1. The van der Waals surface area contributed by atoms with Gasteiger partial charge < -0.3 is 14.8 Å². The van der Waals surface area contributed by atoms with E-state index in [9.17, 15) is 0 Å². The van der Waals surface area contributed by atoms with E-state index < -0.39 is 5.97 Å². The summed E-state index contributed by atoms with van der Waals surface area (Å²) in [6.45, 7) is 8.53. The van der Waals surface area contributed by atoms with E-state index in [0.29, 0.717) is 0 Å². The van der Waals surface area contributed by atoms with Gasteiger partial charge in [-0.25, -0.2) is 0 Å². The molecule has 1 fully saturated rings. The van der Waals surface area contributed by atoms with Crippen LogP contribution in [0.5, 0.6) is 0 Å². The molecule has 0 spiro atoms. The van der Waals surface area contributed by atoms with Gasteiger partial charge >= 0.3 is 0 Å². The molecule has 4 heteroatoms. The highest BCUT2D eigenvalue weighted by Gasteiger charge is 2.18. The lowest BCUT2D eigenvalue weighted by Crippen LogP contribution is -3.07. The van der Waals surface area contributed by atoms with Gasteiger partial charge in [-0.15, -0.1) is 0 Å². The molecule has 0 saturated carbocycles. The SMILES string of the molecule is CC(=O)[O-].CCCCCCCCN1CC[NH+](C)C1. The lowest BCUT2D eigenvalue weighted by atomic mass is 10.1. The number of carboxylic acids is 1. The zero-order valence-corrected chi connectivity index (χ0v) is 12.3. The van der Waals surface area contributed by atoms with E-state index in [1.807, 2.05) is 0 Å². The lowest BCUT2D eigenvalue weighted by molar-refractivity contribution is -0.871. The molecule has 0 aromatic rings. The molecule has 0 aromatic carbocycles. The highest BCUT2D eigenvalue weighted by molar-refractivity contribution is 5.60. The average Bonchev–Trinajstić information content (AvgIpc) is 2.69. The molecule has 1 heterocycles. The van der Waals surface area contributed by atoms with Gasteiger partial charge in [0.2, 0.25) is 0 Å². The first-order valence-electron chi connectivity index (χ1n) is 7.27. The van der Waals surface area contributed by atoms with E-state index in [1.54, 1.807) is 4.90 Å². The first kappa shape index (κ1) is 17.4. The lowest BCUT2D eigenvalue weighted by Gasteiger charge is -2.12. The van der Waals surface area contributed by atoms with Crippen molar-refractivity contribution in [1.29, 1.82) is 0 Å². The second-order valence-electron chi connectivity index (χ2n) is 5.24. The Morgan fingerprint density at radius 2 is 1.78 bits per heavy atom. The van der Waals surface area contributed by atoms with E-state index >= 15 is 0 Å². The number of aliphatic carboxylic acids is 1. The highest BCUT2D eigenvalue weighted by Crippen LogP contribution is 2.05. The standard InChI is InChI=1S/C12H26N2.C2H4O2/c1-3-4-5-6-7-8-9-14-11-10-13(2)12-14;1-2(3)4/h3-12H2,1-2H3;1H3,(H,3,4). The van der Waals surface area contributed by atoms with Crippen LogP contribution in [0.3, 0.4) is 0 Å². The minimum Gasteiger partial charge on any atom is -0.550 e. The van der Waals surface area contributed by atoms with Gasteiger partial charge in [0.15, 0.2) is 0 Å². The van der Waals surface area contributed by atoms with Crippen LogP contribution in [0.4, 0.5) is 0 Å². The van der Waals surface area contributed by atoms with Crippen LogP contribution in [-0.2, 0) is 4.79 Å². The molecule has 18 heavy (non-hydrogen) atoms. The summed E-state index contributed by atoms with van der Waals surface area (Å²) in [4.78, 5) is 13.2. The van der Waals surface area contributed by atoms with E-state index in [1.165, 1.54) is 64.8 Å². The van der Waals surface area contributed by atoms with Crippen molar-refractivity contribution in [2.45, 2.75) is 52.4 Å². The molecular formula is C14H30N2O2. The van der Waals surface area contributed by atoms with Crippen LogP contribution in [0.25, 0.3) is 0 Å². The molecule has 1 saturated heterocycles. The minimum atomic E-state index is -1.08. The van der Waals surface area contributed by atoms with Gasteiger partial charge in [0.1, 0.15) is 6.67 Å². The molecular weight excluding hydrogens is 228 g/mol. The molecule has 0 bridgehead atoms. The van der Waals surface area contributed by atoms with E-state index in [0.717, 1.165) is 6.92 Å². The Labute approximate surface area is 112 Å². The van der Waals surface area contributed by atoms with Gasteiger partial charge in [-0.1, -0.05) is 39.0 Å². The van der Waals surface area contributed by atoms with Gasteiger partial charge in [0, 0.05) is 12.5 Å².